The van der Waals surface area contributed by atoms with Crippen molar-refractivity contribution in [2.75, 3.05) is 5.32 Å². The number of rotatable bonds is 2. The normalized spacial score (nSPS) is 18.1. The summed E-state index contributed by atoms with van der Waals surface area (Å²) in [5.41, 5.74) is 7.41. The Hall–Kier alpha value is -1.37. The second-order valence-corrected chi connectivity index (χ2v) is 6.10. The molecule has 4 N–H and O–H groups in total. The van der Waals surface area contributed by atoms with Crippen LogP contribution in [0.25, 0.3) is 0 Å². The predicted octanol–water partition coefficient (Wildman–Crippen LogP) is 2.19. The van der Waals surface area contributed by atoms with Crippen LogP contribution in [0.4, 0.5) is 5.13 Å². The van der Waals surface area contributed by atoms with Gasteiger partial charge >= 0.3 is 0 Å². The second-order valence-electron chi connectivity index (χ2n) is 4.58. The average molecular weight is 297 g/mol. The highest BCUT2D eigenvalue weighted by Gasteiger charge is 2.21. The molecule has 0 saturated carbocycles. The zero-order valence-corrected chi connectivity index (χ0v) is 11.6. The minimum absolute atomic E-state index is 0.207. The highest BCUT2D eigenvalue weighted by molar-refractivity contribution is 7.15. The molecule has 0 radical (unpaired) electrons. The number of nitrogens with zero attached hydrogens (tertiary/aromatic N) is 1. The number of hydrogen-bond acceptors (Lipinski definition) is 4. The molecule has 7 heteroatoms. The lowest BCUT2D eigenvalue weighted by Gasteiger charge is -2.15. The maximum Gasteiger partial charge on any atom is 0.273 e. The summed E-state index contributed by atoms with van der Waals surface area (Å²) in [6.07, 6.45) is 4.26. The number of nitrogens with one attached hydrogen (secondary N) is 2. The van der Waals surface area contributed by atoms with Gasteiger partial charge in [0, 0.05) is 17.1 Å². The number of aryl methyl sites for hydroxylation is 1. The number of halogens is 1. The summed E-state index contributed by atoms with van der Waals surface area (Å²) in [7, 11) is 0. The number of thiazole rings is 1. The first-order valence-corrected chi connectivity index (χ1v) is 7.20. The van der Waals surface area contributed by atoms with Crippen LogP contribution >= 0.6 is 22.9 Å². The van der Waals surface area contributed by atoms with E-state index in [0.717, 1.165) is 25.0 Å². The molecular weight excluding hydrogens is 284 g/mol. The Morgan fingerprint density at radius 1 is 1.63 bits per heavy atom. The Bertz CT molecular complexity index is 621. The fourth-order valence-corrected chi connectivity index (χ4v) is 3.38. The maximum atomic E-state index is 11.9. The van der Waals surface area contributed by atoms with Gasteiger partial charge in [0.25, 0.3) is 5.91 Å². The lowest BCUT2D eigenvalue weighted by atomic mass is 9.99. The molecule has 0 unspecified atom stereocenters. The smallest absolute Gasteiger partial charge is 0.273 e. The minimum atomic E-state index is -0.234. The van der Waals surface area contributed by atoms with E-state index in [1.54, 1.807) is 12.3 Å². The van der Waals surface area contributed by atoms with Gasteiger partial charge in [-0.2, -0.15) is 0 Å². The van der Waals surface area contributed by atoms with Crippen LogP contribution in [0.3, 0.4) is 0 Å². The van der Waals surface area contributed by atoms with Gasteiger partial charge in [-0.3, -0.25) is 10.1 Å². The second kappa shape index (κ2) is 4.96. The summed E-state index contributed by atoms with van der Waals surface area (Å²) < 4.78 is 0. The Kier molecular flexibility index (Phi) is 3.30. The Morgan fingerprint density at radius 2 is 2.47 bits per heavy atom. The van der Waals surface area contributed by atoms with Gasteiger partial charge in [-0.05, 0) is 25.3 Å². The van der Waals surface area contributed by atoms with Crippen molar-refractivity contribution in [2.24, 2.45) is 5.73 Å². The standard InChI is InChI=1S/C12H13ClN4OS/c13-6-3-9(15-5-6)11(18)17-12-16-8-2-1-7(14)4-10(8)19-12/h3,5,7,15H,1-2,4,14H2,(H,16,17,18)/t7-/m0/s1. The lowest BCUT2D eigenvalue weighted by molar-refractivity contribution is 0.102. The van der Waals surface area contributed by atoms with Crippen molar-refractivity contribution >= 4 is 34.0 Å². The Labute approximate surface area is 119 Å². The van der Waals surface area contributed by atoms with Gasteiger partial charge in [0.1, 0.15) is 5.69 Å². The number of aromatic nitrogens is 2. The molecule has 1 aliphatic rings. The van der Waals surface area contributed by atoms with Crippen molar-refractivity contribution in [1.29, 1.82) is 0 Å². The van der Waals surface area contributed by atoms with E-state index in [0.29, 0.717) is 15.8 Å². The first-order valence-electron chi connectivity index (χ1n) is 6.01. The quantitative estimate of drug-likeness (QED) is 0.794. The zero-order valence-electron chi connectivity index (χ0n) is 10.1. The summed E-state index contributed by atoms with van der Waals surface area (Å²) in [5.74, 6) is -0.234. The molecule has 0 spiro atoms. The van der Waals surface area contributed by atoms with E-state index in [4.69, 9.17) is 17.3 Å². The fourth-order valence-electron chi connectivity index (χ4n) is 2.12. The van der Waals surface area contributed by atoms with Crippen LogP contribution in [0, 0.1) is 0 Å². The largest absolute Gasteiger partial charge is 0.356 e. The van der Waals surface area contributed by atoms with Crippen LogP contribution in [0.15, 0.2) is 12.3 Å². The van der Waals surface area contributed by atoms with Gasteiger partial charge in [-0.15, -0.1) is 11.3 Å². The van der Waals surface area contributed by atoms with E-state index in [1.165, 1.54) is 16.2 Å². The molecule has 100 valence electrons. The van der Waals surface area contributed by atoms with Crippen LogP contribution in [0.2, 0.25) is 5.02 Å². The zero-order chi connectivity index (χ0) is 13.4. The summed E-state index contributed by atoms with van der Waals surface area (Å²) in [6, 6.07) is 1.79. The molecule has 5 nitrogen and oxygen atoms in total. The molecule has 0 aromatic carbocycles. The first kappa shape index (κ1) is 12.7. The minimum Gasteiger partial charge on any atom is -0.356 e. The van der Waals surface area contributed by atoms with Crippen LogP contribution in [0.5, 0.6) is 0 Å². The van der Waals surface area contributed by atoms with Crippen molar-refractivity contribution in [3.8, 4) is 0 Å². The van der Waals surface area contributed by atoms with E-state index in [-0.39, 0.29) is 11.9 Å². The van der Waals surface area contributed by atoms with Crippen molar-refractivity contribution in [3.05, 3.63) is 33.6 Å². The van der Waals surface area contributed by atoms with Crippen molar-refractivity contribution in [3.63, 3.8) is 0 Å². The molecule has 0 fully saturated rings. The van der Waals surface area contributed by atoms with Gasteiger partial charge in [0.05, 0.1) is 10.7 Å². The van der Waals surface area contributed by atoms with Gasteiger partial charge in [0.15, 0.2) is 5.13 Å². The maximum absolute atomic E-state index is 11.9. The average Bonchev–Trinajstić information content (AvgIpc) is 2.94. The molecular formula is C12H13ClN4OS. The van der Waals surface area contributed by atoms with Gasteiger partial charge in [-0.25, -0.2) is 4.98 Å². The third-order valence-corrected chi connectivity index (χ3v) is 4.34. The number of nitrogens with two attached hydrogens (primary N) is 1. The molecule has 0 bridgehead atoms. The van der Waals surface area contributed by atoms with Gasteiger partial charge in [-0.1, -0.05) is 11.6 Å². The number of aromatic amines is 1. The predicted molar refractivity (Wildman–Crippen MR) is 75.9 cm³/mol. The Balaban J connectivity index is 1.75. The molecule has 1 amide bonds. The highest BCUT2D eigenvalue weighted by Crippen LogP contribution is 2.29. The molecule has 1 aliphatic carbocycles. The number of carbonyl (C=O) groups is 1. The van der Waals surface area contributed by atoms with Crippen LogP contribution in [-0.2, 0) is 12.8 Å². The molecule has 3 rings (SSSR count). The monoisotopic (exact) mass is 296 g/mol. The SMILES string of the molecule is N[C@H]1CCc2nc(NC(=O)c3cc(Cl)c[nH]3)sc2C1. The summed E-state index contributed by atoms with van der Waals surface area (Å²) >= 11 is 7.27. The van der Waals surface area contributed by atoms with E-state index in [9.17, 15) is 4.79 Å². The molecule has 1 atom stereocenters. The van der Waals surface area contributed by atoms with E-state index in [2.05, 4.69) is 15.3 Å². The van der Waals surface area contributed by atoms with Crippen LogP contribution < -0.4 is 11.1 Å². The number of anilines is 1. The third kappa shape index (κ3) is 2.65. The molecule has 19 heavy (non-hydrogen) atoms. The number of hydrogen-bond donors (Lipinski definition) is 3. The van der Waals surface area contributed by atoms with E-state index in [1.807, 2.05) is 0 Å². The summed E-state index contributed by atoms with van der Waals surface area (Å²) in [5, 5.41) is 3.91. The summed E-state index contributed by atoms with van der Waals surface area (Å²) in [6.45, 7) is 0. The van der Waals surface area contributed by atoms with Crippen LogP contribution in [-0.4, -0.2) is 21.9 Å². The topological polar surface area (TPSA) is 83.8 Å². The molecule has 2 aromatic rings. The van der Waals surface area contributed by atoms with Gasteiger partial charge < -0.3 is 10.7 Å². The molecule has 2 heterocycles. The number of fused-ring (bicyclic) bond motifs is 1. The Morgan fingerprint density at radius 3 is 3.21 bits per heavy atom. The first-order chi connectivity index (χ1) is 9.11. The number of H-pyrrole nitrogens is 1. The molecule has 0 saturated heterocycles. The van der Waals surface area contributed by atoms with Crippen molar-refractivity contribution in [2.45, 2.75) is 25.3 Å². The van der Waals surface area contributed by atoms with Crippen molar-refractivity contribution < 1.29 is 4.79 Å². The van der Waals surface area contributed by atoms with Crippen LogP contribution in [0.1, 0.15) is 27.5 Å². The lowest BCUT2D eigenvalue weighted by Crippen LogP contribution is -2.27. The third-order valence-electron chi connectivity index (χ3n) is 3.09. The number of amides is 1. The molecule has 0 aliphatic heterocycles. The van der Waals surface area contributed by atoms with Gasteiger partial charge in [0.2, 0.25) is 0 Å². The van der Waals surface area contributed by atoms with E-state index >= 15 is 0 Å². The summed E-state index contributed by atoms with van der Waals surface area (Å²) in [4.78, 5) is 20.4. The fraction of sp³-hybridized carbons (Fsp3) is 0.333. The highest BCUT2D eigenvalue weighted by atomic mass is 35.5. The van der Waals surface area contributed by atoms with Crippen molar-refractivity contribution in [1.82, 2.24) is 9.97 Å². The number of carbonyl (C=O) groups excluding carboxylic acids is 1. The molecule has 2 aromatic heterocycles. The van der Waals surface area contributed by atoms with E-state index < -0.39 is 0 Å².